The Kier molecular flexibility index (Phi) is 3.91. The molecular formula is C17H25N5O+2. The summed E-state index contributed by atoms with van der Waals surface area (Å²) in [5.41, 5.74) is 1.67. The van der Waals surface area contributed by atoms with Crippen molar-refractivity contribution in [1.82, 2.24) is 10.3 Å². The minimum Gasteiger partial charge on any atom is -0.412 e. The lowest BCUT2D eigenvalue weighted by Crippen LogP contribution is -3.27. The molecule has 6 nitrogen and oxygen atoms in total. The van der Waals surface area contributed by atoms with Crippen LogP contribution < -0.4 is 20.5 Å². The Morgan fingerprint density at radius 2 is 2.17 bits per heavy atom. The van der Waals surface area contributed by atoms with Crippen molar-refractivity contribution in [3.05, 3.63) is 24.3 Å². The maximum absolute atomic E-state index is 5.70. The van der Waals surface area contributed by atoms with Crippen LogP contribution in [0.5, 0.6) is 0 Å². The Hall–Kier alpha value is -2.08. The lowest BCUT2D eigenvalue weighted by Gasteiger charge is -2.34. The molecule has 1 fully saturated rings. The molecule has 1 saturated carbocycles. The van der Waals surface area contributed by atoms with E-state index in [2.05, 4.69) is 27.5 Å². The lowest BCUT2D eigenvalue weighted by molar-refractivity contribution is -1.00. The molecule has 2 heterocycles. The first-order valence-electron chi connectivity index (χ1n) is 8.61. The van der Waals surface area contributed by atoms with Crippen LogP contribution in [0.25, 0.3) is 11.1 Å². The highest BCUT2D eigenvalue weighted by atomic mass is 16.4. The summed E-state index contributed by atoms with van der Waals surface area (Å²) >= 11 is 0. The zero-order valence-corrected chi connectivity index (χ0v) is 13.6. The van der Waals surface area contributed by atoms with Crippen molar-refractivity contribution >= 4 is 23.1 Å². The molecule has 4 rings (SSSR count). The molecule has 122 valence electrons. The summed E-state index contributed by atoms with van der Waals surface area (Å²) < 4.78 is 5.70. The number of rotatable bonds is 2. The van der Waals surface area contributed by atoms with Gasteiger partial charge in [0.1, 0.15) is 5.52 Å². The summed E-state index contributed by atoms with van der Waals surface area (Å²) in [6, 6.07) is 9.08. The Labute approximate surface area is 136 Å². The van der Waals surface area contributed by atoms with Gasteiger partial charge in [0.25, 0.3) is 0 Å². The minimum atomic E-state index is 0.524. The van der Waals surface area contributed by atoms with Crippen LogP contribution in [0, 0.1) is 5.92 Å². The zero-order chi connectivity index (χ0) is 15.6. The highest BCUT2D eigenvalue weighted by molar-refractivity contribution is 5.88. The highest BCUT2D eigenvalue weighted by Crippen LogP contribution is 2.21. The smallest absolute Gasteiger partial charge is 0.365 e. The number of hydrogen-bond donors (Lipinski definition) is 4. The van der Waals surface area contributed by atoms with Gasteiger partial charge in [-0.25, -0.2) is 10.3 Å². The molecule has 2 aliphatic rings. The van der Waals surface area contributed by atoms with Gasteiger partial charge in [-0.15, -0.1) is 0 Å². The summed E-state index contributed by atoms with van der Waals surface area (Å²) in [5.74, 6) is 1.69. The molecule has 1 aliphatic heterocycles. The third kappa shape index (κ3) is 3.03. The molecule has 1 aliphatic carbocycles. The number of anilines is 1. The fourth-order valence-electron chi connectivity index (χ4n) is 3.83. The Morgan fingerprint density at radius 1 is 1.30 bits per heavy atom. The zero-order valence-electron chi connectivity index (χ0n) is 13.6. The lowest BCUT2D eigenvalue weighted by atomic mass is 9.85. The summed E-state index contributed by atoms with van der Waals surface area (Å²) in [7, 11) is 0. The molecule has 0 radical (unpaired) electrons. The third-order valence-electron chi connectivity index (χ3n) is 5.15. The first kappa shape index (κ1) is 14.5. The van der Waals surface area contributed by atoms with Gasteiger partial charge in [0.2, 0.25) is 0 Å². The number of oxazole rings is 1. The van der Waals surface area contributed by atoms with Crippen molar-refractivity contribution in [1.29, 1.82) is 0 Å². The quantitative estimate of drug-likeness (QED) is 0.612. The number of aromatic nitrogens is 1. The summed E-state index contributed by atoms with van der Waals surface area (Å²) in [6.45, 7) is 4.27. The van der Waals surface area contributed by atoms with Crippen LogP contribution in [0.3, 0.4) is 0 Å². The number of nitrogens with one attached hydrogen (secondary N) is 4. The molecule has 1 aromatic heterocycles. The maximum Gasteiger partial charge on any atom is 0.365 e. The van der Waals surface area contributed by atoms with Crippen LogP contribution in [-0.2, 0) is 0 Å². The van der Waals surface area contributed by atoms with Crippen molar-refractivity contribution in [2.75, 3.05) is 18.7 Å². The van der Waals surface area contributed by atoms with Crippen molar-refractivity contribution in [2.45, 2.75) is 38.6 Å². The molecule has 0 saturated heterocycles. The average molecular weight is 315 g/mol. The van der Waals surface area contributed by atoms with E-state index in [1.165, 1.54) is 25.7 Å². The fourth-order valence-corrected chi connectivity index (χ4v) is 3.83. The number of para-hydroxylation sites is 2. The molecule has 6 heteroatoms. The van der Waals surface area contributed by atoms with Gasteiger partial charge in [-0.05, 0) is 31.4 Å². The molecule has 4 N–H and O–H groups in total. The van der Waals surface area contributed by atoms with E-state index in [-0.39, 0.29) is 0 Å². The second-order valence-corrected chi connectivity index (χ2v) is 6.72. The van der Waals surface area contributed by atoms with E-state index in [0.29, 0.717) is 6.01 Å². The van der Waals surface area contributed by atoms with E-state index in [0.717, 1.165) is 42.4 Å². The van der Waals surface area contributed by atoms with E-state index in [1.54, 1.807) is 4.90 Å². The maximum atomic E-state index is 5.70. The predicted octanol–water partition coefficient (Wildman–Crippen LogP) is -0.342. The number of hydrogen-bond acceptors (Lipinski definition) is 4. The summed E-state index contributed by atoms with van der Waals surface area (Å²) in [5, 5.41) is 6.65. The molecule has 1 aromatic carbocycles. The topological polar surface area (TPSA) is 68.5 Å². The molecule has 0 amide bonds. The Balaban J connectivity index is 1.41. The van der Waals surface area contributed by atoms with E-state index in [9.17, 15) is 0 Å². The first-order chi connectivity index (χ1) is 11.3. The van der Waals surface area contributed by atoms with Gasteiger partial charge in [0.05, 0.1) is 6.04 Å². The summed E-state index contributed by atoms with van der Waals surface area (Å²) in [4.78, 5) is 9.48. The van der Waals surface area contributed by atoms with E-state index in [1.807, 2.05) is 24.3 Å². The van der Waals surface area contributed by atoms with Crippen molar-refractivity contribution < 1.29 is 14.3 Å². The minimum absolute atomic E-state index is 0.524. The van der Waals surface area contributed by atoms with Gasteiger partial charge >= 0.3 is 12.0 Å². The molecule has 0 spiro atoms. The van der Waals surface area contributed by atoms with Crippen LogP contribution in [0.1, 0.15) is 32.6 Å². The van der Waals surface area contributed by atoms with Crippen LogP contribution in [-0.4, -0.2) is 30.3 Å². The second kappa shape index (κ2) is 6.20. The molecular weight excluding hydrogens is 290 g/mol. The van der Waals surface area contributed by atoms with Gasteiger partial charge in [0, 0.05) is 5.92 Å². The second-order valence-electron chi connectivity index (χ2n) is 6.72. The molecule has 0 bridgehead atoms. The number of guanidine groups is 1. The first-order valence-corrected chi connectivity index (χ1v) is 8.61. The number of nitrogens with zero attached hydrogens (tertiary/aromatic N) is 1. The van der Waals surface area contributed by atoms with Crippen molar-refractivity contribution in [3.8, 4) is 0 Å². The van der Waals surface area contributed by atoms with Gasteiger partial charge in [-0.2, -0.15) is 10.3 Å². The van der Waals surface area contributed by atoms with Crippen molar-refractivity contribution in [3.63, 3.8) is 0 Å². The van der Waals surface area contributed by atoms with E-state index in [4.69, 9.17) is 4.42 Å². The SMILES string of the molecule is C[C@@H]1CCCC[C@@H]1[NH+]1CNC(Nc2nc3ccccc3o2)=[NH+]C1. The fraction of sp³-hybridized carbons (Fsp3) is 0.529. The van der Waals surface area contributed by atoms with Gasteiger partial charge in [0.15, 0.2) is 18.9 Å². The Morgan fingerprint density at radius 3 is 2.96 bits per heavy atom. The number of fused-ring (bicyclic) bond motifs is 1. The standard InChI is InChI=1S/C17H23N5O/c1-12-6-2-4-8-14(12)22-10-18-16(19-11-22)21-17-20-13-7-3-5-9-15(13)23-17/h3,5,7,9,12,14H,2,4,6,8,10-11H2,1H3,(H2,18,19,20,21)/p+2/t12-,14+/m1/s1. The van der Waals surface area contributed by atoms with Crippen molar-refractivity contribution in [2.24, 2.45) is 5.92 Å². The van der Waals surface area contributed by atoms with Gasteiger partial charge in [-0.3, -0.25) is 4.90 Å². The number of benzene rings is 1. The Bertz CT molecular complexity index is 677. The van der Waals surface area contributed by atoms with Gasteiger partial charge < -0.3 is 4.42 Å². The third-order valence-corrected chi connectivity index (χ3v) is 5.15. The number of quaternary nitrogens is 1. The van der Waals surface area contributed by atoms with Crippen LogP contribution in [0.2, 0.25) is 0 Å². The predicted molar refractivity (Wildman–Crippen MR) is 88.9 cm³/mol. The van der Waals surface area contributed by atoms with Crippen LogP contribution >= 0.6 is 0 Å². The molecule has 23 heavy (non-hydrogen) atoms. The van der Waals surface area contributed by atoms with Crippen LogP contribution in [0.15, 0.2) is 28.7 Å². The normalized spacial score (nSPS) is 28.2. The molecule has 3 atom stereocenters. The summed E-state index contributed by atoms with van der Waals surface area (Å²) in [6.07, 6.45) is 5.47. The van der Waals surface area contributed by atoms with Gasteiger partial charge in [-0.1, -0.05) is 25.5 Å². The highest BCUT2D eigenvalue weighted by Gasteiger charge is 2.33. The van der Waals surface area contributed by atoms with E-state index >= 15 is 0 Å². The molecule has 2 aromatic rings. The average Bonchev–Trinajstić information content (AvgIpc) is 2.98. The van der Waals surface area contributed by atoms with Crippen LogP contribution in [0.4, 0.5) is 6.01 Å². The molecule has 1 unspecified atom stereocenters. The monoisotopic (exact) mass is 315 g/mol. The largest absolute Gasteiger partial charge is 0.412 e. The van der Waals surface area contributed by atoms with E-state index < -0.39 is 0 Å².